The Morgan fingerprint density at radius 3 is 2.43 bits per heavy atom. The molecular formula is C23H26N4O2S. The standard InChI is InChI=1S/C23H26N4O2S/c1-17-16-25-22(26-23(17)27-13-11-24-12-14-27)21-6-4-3-5-19(21)15-18-7-9-20(10-8-18)30(2,28)29/h3-10,16,24H,11-15H2,1-2H3. The minimum absolute atomic E-state index is 0.335. The van der Waals surface area contributed by atoms with Crippen molar-refractivity contribution in [3.05, 3.63) is 71.4 Å². The van der Waals surface area contributed by atoms with Crippen LogP contribution in [0.1, 0.15) is 16.7 Å². The van der Waals surface area contributed by atoms with Gasteiger partial charge in [0.25, 0.3) is 0 Å². The van der Waals surface area contributed by atoms with Gasteiger partial charge in [0.1, 0.15) is 5.82 Å². The number of anilines is 1. The van der Waals surface area contributed by atoms with Crippen molar-refractivity contribution in [3.63, 3.8) is 0 Å². The van der Waals surface area contributed by atoms with Crippen LogP contribution < -0.4 is 10.2 Å². The smallest absolute Gasteiger partial charge is 0.175 e. The Labute approximate surface area is 177 Å². The van der Waals surface area contributed by atoms with E-state index in [9.17, 15) is 8.42 Å². The van der Waals surface area contributed by atoms with E-state index < -0.39 is 9.84 Å². The lowest BCUT2D eigenvalue weighted by molar-refractivity contribution is 0.583. The minimum atomic E-state index is -3.19. The van der Waals surface area contributed by atoms with Crippen LogP contribution in [0.2, 0.25) is 0 Å². The molecule has 0 radical (unpaired) electrons. The van der Waals surface area contributed by atoms with Crippen molar-refractivity contribution >= 4 is 15.7 Å². The molecule has 0 aliphatic carbocycles. The Kier molecular flexibility index (Phi) is 5.83. The molecule has 1 fully saturated rings. The molecule has 0 bridgehead atoms. The molecule has 156 valence electrons. The van der Waals surface area contributed by atoms with E-state index in [0.717, 1.165) is 60.1 Å². The van der Waals surface area contributed by atoms with E-state index in [-0.39, 0.29) is 0 Å². The molecule has 0 atom stereocenters. The van der Waals surface area contributed by atoms with Crippen LogP contribution in [-0.4, -0.2) is 50.8 Å². The van der Waals surface area contributed by atoms with E-state index in [0.29, 0.717) is 11.3 Å². The van der Waals surface area contributed by atoms with Crippen LogP contribution in [0.3, 0.4) is 0 Å². The van der Waals surface area contributed by atoms with E-state index >= 15 is 0 Å². The maximum atomic E-state index is 11.7. The van der Waals surface area contributed by atoms with Crippen molar-refractivity contribution in [1.82, 2.24) is 15.3 Å². The number of nitrogens with zero attached hydrogens (tertiary/aromatic N) is 3. The second-order valence-corrected chi connectivity index (χ2v) is 9.70. The Morgan fingerprint density at radius 2 is 1.73 bits per heavy atom. The summed E-state index contributed by atoms with van der Waals surface area (Å²) in [6.45, 7) is 5.84. The Balaban J connectivity index is 1.65. The molecule has 1 aliphatic heterocycles. The molecule has 4 rings (SSSR count). The first-order valence-corrected chi connectivity index (χ1v) is 12.0. The van der Waals surface area contributed by atoms with Crippen LogP contribution in [-0.2, 0) is 16.3 Å². The molecule has 1 saturated heterocycles. The molecule has 2 aromatic carbocycles. The van der Waals surface area contributed by atoms with Gasteiger partial charge in [-0.1, -0.05) is 36.4 Å². The van der Waals surface area contributed by atoms with Crippen molar-refractivity contribution in [1.29, 1.82) is 0 Å². The summed E-state index contributed by atoms with van der Waals surface area (Å²) in [5.74, 6) is 1.71. The van der Waals surface area contributed by atoms with Gasteiger partial charge in [-0.2, -0.15) is 0 Å². The zero-order valence-electron chi connectivity index (χ0n) is 17.3. The molecule has 7 heteroatoms. The van der Waals surface area contributed by atoms with Crippen LogP contribution in [0, 0.1) is 6.92 Å². The predicted octanol–water partition coefficient (Wildman–Crippen LogP) is 2.86. The molecule has 0 saturated carbocycles. The zero-order chi connectivity index (χ0) is 21.1. The summed E-state index contributed by atoms with van der Waals surface area (Å²) in [6, 6.07) is 15.2. The van der Waals surface area contributed by atoms with Gasteiger partial charge in [0, 0.05) is 49.8 Å². The largest absolute Gasteiger partial charge is 0.354 e. The van der Waals surface area contributed by atoms with E-state index in [1.807, 2.05) is 36.5 Å². The molecule has 6 nitrogen and oxygen atoms in total. The summed E-state index contributed by atoms with van der Waals surface area (Å²) < 4.78 is 23.4. The third-order valence-corrected chi connectivity index (χ3v) is 6.49. The number of piperazine rings is 1. The van der Waals surface area contributed by atoms with E-state index in [4.69, 9.17) is 4.98 Å². The summed E-state index contributed by atoms with van der Waals surface area (Å²) in [7, 11) is -3.19. The second kappa shape index (κ2) is 8.53. The first-order chi connectivity index (χ1) is 14.4. The lowest BCUT2D eigenvalue weighted by Crippen LogP contribution is -2.44. The molecule has 1 aromatic heterocycles. The van der Waals surface area contributed by atoms with Crippen molar-refractivity contribution in [3.8, 4) is 11.4 Å². The number of hydrogen-bond donors (Lipinski definition) is 1. The number of sulfone groups is 1. The first kappa shape index (κ1) is 20.5. The molecule has 1 aliphatic rings. The highest BCUT2D eigenvalue weighted by Crippen LogP contribution is 2.26. The number of rotatable bonds is 5. The fourth-order valence-corrected chi connectivity index (χ4v) is 4.36. The average Bonchev–Trinajstić information content (AvgIpc) is 2.75. The summed E-state index contributed by atoms with van der Waals surface area (Å²) in [6.07, 6.45) is 3.81. The normalized spacial score (nSPS) is 14.7. The summed E-state index contributed by atoms with van der Waals surface area (Å²) in [5, 5.41) is 3.38. The van der Waals surface area contributed by atoms with E-state index in [1.165, 1.54) is 6.26 Å². The van der Waals surface area contributed by atoms with Crippen LogP contribution in [0.5, 0.6) is 0 Å². The lowest BCUT2D eigenvalue weighted by atomic mass is 9.99. The molecule has 0 unspecified atom stereocenters. The van der Waals surface area contributed by atoms with Gasteiger partial charge in [0.05, 0.1) is 4.90 Å². The van der Waals surface area contributed by atoms with Crippen LogP contribution in [0.15, 0.2) is 59.6 Å². The Bertz CT molecular complexity index is 1140. The van der Waals surface area contributed by atoms with Gasteiger partial charge in [0.15, 0.2) is 15.7 Å². The zero-order valence-corrected chi connectivity index (χ0v) is 18.1. The molecule has 0 spiro atoms. The van der Waals surface area contributed by atoms with Gasteiger partial charge in [-0.25, -0.2) is 18.4 Å². The topological polar surface area (TPSA) is 75.2 Å². The maximum absolute atomic E-state index is 11.7. The van der Waals surface area contributed by atoms with Gasteiger partial charge in [0.2, 0.25) is 0 Å². The van der Waals surface area contributed by atoms with Crippen molar-refractivity contribution < 1.29 is 8.42 Å². The summed E-state index contributed by atoms with van der Waals surface area (Å²) in [4.78, 5) is 12.2. The highest BCUT2D eigenvalue weighted by molar-refractivity contribution is 7.90. The minimum Gasteiger partial charge on any atom is -0.354 e. The lowest BCUT2D eigenvalue weighted by Gasteiger charge is -2.29. The average molecular weight is 423 g/mol. The number of aryl methyl sites for hydroxylation is 1. The number of nitrogens with one attached hydrogen (secondary N) is 1. The molecule has 0 amide bonds. The number of aromatic nitrogens is 2. The van der Waals surface area contributed by atoms with E-state index in [1.54, 1.807) is 12.1 Å². The van der Waals surface area contributed by atoms with Gasteiger partial charge in [-0.05, 0) is 36.6 Å². The third-order valence-electron chi connectivity index (χ3n) is 5.37. The molecule has 30 heavy (non-hydrogen) atoms. The first-order valence-electron chi connectivity index (χ1n) is 10.1. The molecule has 3 aromatic rings. The second-order valence-electron chi connectivity index (χ2n) is 7.69. The fourth-order valence-electron chi connectivity index (χ4n) is 3.73. The van der Waals surface area contributed by atoms with Crippen molar-refractivity contribution in [2.24, 2.45) is 0 Å². The number of hydrogen-bond acceptors (Lipinski definition) is 6. The SMILES string of the molecule is Cc1cnc(-c2ccccc2Cc2ccc(S(C)(=O)=O)cc2)nc1N1CCNCC1. The van der Waals surface area contributed by atoms with Crippen molar-refractivity contribution in [2.75, 3.05) is 37.3 Å². The van der Waals surface area contributed by atoms with Crippen LogP contribution >= 0.6 is 0 Å². The molecular weight excluding hydrogens is 396 g/mol. The summed E-state index contributed by atoms with van der Waals surface area (Å²) >= 11 is 0. The third kappa shape index (κ3) is 4.52. The maximum Gasteiger partial charge on any atom is 0.175 e. The molecule has 2 heterocycles. The van der Waals surface area contributed by atoms with Gasteiger partial charge < -0.3 is 10.2 Å². The Morgan fingerprint density at radius 1 is 1.03 bits per heavy atom. The van der Waals surface area contributed by atoms with Crippen molar-refractivity contribution in [2.45, 2.75) is 18.2 Å². The monoisotopic (exact) mass is 422 g/mol. The predicted molar refractivity (Wildman–Crippen MR) is 120 cm³/mol. The number of benzene rings is 2. The highest BCUT2D eigenvalue weighted by Gasteiger charge is 2.17. The van der Waals surface area contributed by atoms with E-state index in [2.05, 4.69) is 28.2 Å². The van der Waals surface area contributed by atoms with Gasteiger partial charge in [-0.15, -0.1) is 0 Å². The summed E-state index contributed by atoms with van der Waals surface area (Å²) in [5.41, 5.74) is 4.24. The Hall–Kier alpha value is -2.77. The fraction of sp³-hybridized carbons (Fsp3) is 0.304. The van der Waals surface area contributed by atoms with Crippen LogP contribution in [0.25, 0.3) is 11.4 Å². The quantitative estimate of drug-likeness (QED) is 0.682. The van der Waals surface area contributed by atoms with Crippen LogP contribution in [0.4, 0.5) is 5.82 Å². The molecule has 1 N–H and O–H groups in total. The van der Waals surface area contributed by atoms with Gasteiger partial charge >= 0.3 is 0 Å². The van der Waals surface area contributed by atoms with Gasteiger partial charge in [-0.3, -0.25) is 0 Å². The highest BCUT2D eigenvalue weighted by atomic mass is 32.2.